The Hall–Kier alpha value is -3.15. The van der Waals surface area contributed by atoms with Crippen LogP contribution in [0.5, 0.6) is 11.5 Å². The van der Waals surface area contributed by atoms with Crippen molar-refractivity contribution < 1.29 is 9.47 Å². The van der Waals surface area contributed by atoms with E-state index >= 15 is 0 Å². The van der Waals surface area contributed by atoms with Gasteiger partial charge >= 0.3 is 0 Å². The third-order valence-electron chi connectivity index (χ3n) is 5.34. The number of nitrogens with zero attached hydrogens (tertiary/aromatic N) is 1. The second-order valence-electron chi connectivity index (χ2n) is 7.47. The second-order valence-corrected chi connectivity index (χ2v) is 8.23. The van der Waals surface area contributed by atoms with E-state index in [0.717, 1.165) is 35.0 Å². The lowest BCUT2D eigenvalue weighted by atomic mass is 10.1. The Morgan fingerprint density at radius 1 is 0.688 bits per heavy atom. The molecule has 0 aliphatic carbocycles. The van der Waals surface area contributed by atoms with E-state index in [1.807, 2.05) is 67.0 Å². The van der Waals surface area contributed by atoms with Crippen LogP contribution in [0.1, 0.15) is 11.4 Å². The van der Waals surface area contributed by atoms with E-state index in [0.29, 0.717) is 45.8 Å². The van der Waals surface area contributed by atoms with Gasteiger partial charge in [-0.15, -0.1) is 0 Å². The van der Waals surface area contributed by atoms with E-state index in [1.165, 1.54) is 0 Å². The maximum atomic E-state index is 6.66. The Morgan fingerprint density at radius 2 is 1.19 bits per heavy atom. The van der Waals surface area contributed by atoms with E-state index < -0.39 is 0 Å². The fourth-order valence-electron chi connectivity index (χ4n) is 3.67. The van der Waals surface area contributed by atoms with E-state index in [1.54, 1.807) is 0 Å². The average Bonchev–Trinajstić information content (AvgIpc) is 3.51. The molecule has 5 aromatic rings. The van der Waals surface area contributed by atoms with Crippen LogP contribution in [0, 0.1) is 0 Å². The van der Waals surface area contributed by atoms with Gasteiger partial charge in [0.05, 0.1) is 24.2 Å². The summed E-state index contributed by atoms with van der Waals surface area (Å²) in [6.07, 6.45) is 5.33. The summed E-state index contributed by atoms with van der Waals surface area (Å²) in [7, 11) is 0. The van der Waals surface area contributed by atoms with Crippen LogP contribution in [0.2, 0.25) is 10.0 Å². The summed E-state index contributed by atoms with van der Waals surface area (Å²) < 4.78 is 11.8. The third kappa shape index (κ3) is 4.27. The normalized spacial score (nSPS) is 11.3. The van der Waals surface area contributed by atoms with Crippen LogP contribution in [-0.4, -0.2) is 28.2 Å². The molecule has 0 spiro atoms. The molecule has 0 atom stereocenters. The number of pyridine rings is 1. The molecule has 0 bridgehead atoms. The Bertz CT molecular complexity index is 1250. The Morgan fingerprint density at radius 3 is 1.62 bits per heavy atom. The van der Waals surface area contributed by atoms with E-state index in [4.69, 9.17) is 37.7 Å². The summed E-state index contributed by atoms with van der Waals surface area (Å²) in [6, 6.07) is 17.7. The largest absolute Gasteiger partial charge is 0.492 e. The van der Waals surface area contributed by atoms with Gasteiger partial charge in [-0.05, 0) is 54.6 Å². The molecule has 5 rings (SSSR count). The van der Waals surface area contributed by atoms with Gasteiger partial charge in [0.2, 0.25) is 0 Å². The molecule has 7 heteroatoms. The minimum absolute atomic E-state index is 0.477. The van der Waals surface area contributed by atoms with Gasteiger partial charge in [-0.1, -0.05) is 23.2 Å². The monoisotopic (exact) mass is 465 g/mol. The first kappa shape index (κ1) is 20.7. The van der Waals surface area contributed by atoms with Gasteiger partial charge in [0.1, 0.15) is 21.5 Å². The highest BCUT2D eigenvalue weighted by molar-refractivity contribution is 6.38. The molecule has 5 nitrogen and oxygen atoms in total. The first-order valence-corrected chi connectivity index (χ1v) is 11.2. The molecule has 0 radical (unpaired) electrons. The average molecular weight is 466 g/mol. The van der Waals surface area contributed by atoms with Crippen LogP contribution in [-0.2, 0) is 12.8 Å². The number of aromatic amines is 2. The predicted octanol–water partition coefficient (Wildman–Crippen LogP) is 6.59. The number of fused-ring (bicyclic) bond motifs is 2. The lowest BCUT2D eigenvalue weighted by molar-refractivity contribution is 0.321. The first-order chi connectivity index (χ1) is 15.7. The molecular weight excluding hydrogens is 445 g/mol. The number of halogens is 2. The zero-order chi connectivity index (χ0) is 21.9. The van der Waals surface area contributed by atoms with Gasteiger partial charge in [0, 0.05) is 47.4 Å². The van der Waals surface area contributed by atoms with Crippen molar-refractivity contribution in [1.82, 2.24) is 15.0 Å². The van der Waals surface area contributed by atoms with Crippen molar-refractivity contribution in [2.75, 3.05) is 13.2 Å². The van der Waals surface area contributed by atoms with Crippen molar-refractivity contribution in [3.8, 4) is 11.5 Å². The minimum atomic E-state index is 0.477. The number of hydrogen-bond acceptors (Lipinski definition) is 3. The highest BCUT2D eigenvalue weighted by Crippen LogP contribution is 2.37. The van der Waals surface area contributed by atoms with Gasteiger partial charge in [-0.25, -0.2) is 4.98 Å². The molecule has 0 amide bonds. The summed E-state index contributed by atoms with van der Waals surface area (Å²) in [5.74, 6) is 1.21. The number of rotatable bonds is 8. The summed E-state index contributed by atoms with van der Waals surface area (Å²) in [4.78, 5) is 11.1. The molecule has 3 heterocycles. The Kier molecular flexibility index (Phi) is 5.93. The molecule has 0 unspecified atom stereocenters. The summed E-state index contributed by atoms with van der Waals surface area (Å²) in [5, 5.41) is 2.81. The number of hydrogen-bond donors (Lipinski definition) is 2. The quantitative estimate of drug-likeness (QED) is 0.254. The standard InChI is InChI=1S/C25H21Cl2N3O2/c26-22-20(31-13-9-18-3-1-11-28-18)7-5-16-15-17-6-8-21(23(27)25(17)30-24(16)22)32-14-10-19-4-2-12-29-19/h1-8,11-12,15,28-29H,9-10,13-14H2. The molecule has 0 aliphatic heterocycles. The lowest BCUT2D eigenvalue weighted by Gasteiger charge is -2.12. The van der Waals surface area contributed by atoms with Gasteiger partial charge in [0.25, 0.3) is 0 Å². The number of aromatic nitrogens is 3. The van der Waals surface area contributed by atoms with E-state index in [9.17, 15) is 0 Å². The van der Waals surface area contributed by atoms with Gasteiger partial charge in [-0.2, -0.15) is 0 Å². The summed E-state index contributed by atoms with van der Waals surface area (Å²) in [5.41, 5.74) is 3.53. The maximum Gasteiger partial charge on any atom is 0.140 e. The fourth-order valence-corrected chi connectivity index (χ4v) is 4.21. The topological polar surface area (TPSA) is 62.9 Å². The highest BCUT2D eigenvalue weighted by atomic mass is 35.5. The van der Waals surface area contributed by atoms with Crippen LogP contribution in [0.25, 0.3) is 21.8 Å². The van der Waals surface area contributed by atoms with Crippen molar-refractivity contribution in [3.05, 3.63) is 88.4 Å². The van der Waals surface area contributed by atoms with Crippen LogP contribution < -0.4 is 9.47 Å². The van der Waals surface area contributed by atoms with Gasteiger partial charge in [0.15, 0.2) is 0 Å². The molecule has 2 aromatic carbocycles. The summed E-state index contributed by atoms with van der Waals surface area (Å²) in [6.45, 7) is 1.03. The van der Waals surface area contributed by atoms with E-state index in [2.05, 4.69) is 9.97 Å². The second kappa shape index (κ2) is 9.15. The zero-order valence-electron chi connectivity index (χ0n) is 17.2. The van der Waals surface area contributed by atoms with Gasteiger partial charge < -0.3 is 19.4 Å². The first-order valence-electron chi connectivity index (χ1n) is 10.4. The van der Waals surface area contributed by atoms with Crippen molar-refractivity contribution in [3.63, 3.8) is 0 Å². The molecule has 162 valence electrons. The van der Waals surface area contributed by atoms with Crippen molar-refractivity contribution in [2.24, 2.45) is 0 Å². The van der Waals surface area contributed by atoms with Crippen LogP contribution in [0.3, 0.4) is 0 Å². The summed E-state index contributed by atoms with van der Waals surface area (Å²) >= 11 is 13.3. The smallest absolute Gasteiger partial charge is 0.140 e. The maximum absolute atomic E-state index is 6.66. The number of nitrogens with one attached hydrogen (secondary N) is 2. The van der Waals surface area contributed by atoms with Crippen LogP contribution in [0.4, 0.5) is 0 Å². The number of benzene rings is 2. The van der Waals surface area contributed by atoms with Crippen molar-refractivity contribution in [2.45, 2.75) is 12.8 Å². The SMILES string of the molecule is Clc1c(OCCc2ccc[nH]2)ccc2cc3ccc(OCCc4ccc[nH]4)c(Cl)c3nc12. The van der Waals surface area contributed by atoms with E-state index in [-0.39, 0.29) is 0 Å². The molecule has 2 N–H and O–H groups in total. The van der Waals surface area contributed by atoms with Crippen molar-refractivity contribution in [1.29, 1.82) is 0 Å². The molecule has 0 aliphatic rings. The molecule has 0 fully saturated rings. The molecular formula is C25H21Cl2N3O2. The molecule has 0 saturated carbocycles. The Labute approximate surface area is 195 Å². The lowest BCUT2D eigenvalue weighted by Crippen LogP contribution is -2.03. The minimum Gasteiger partial charge on any atom is -0.492 e. The zero-order valence-corrected chi connectivity index (χ0v) is 18.7. The highest BCUT2D eigenvalue weighted by Gasteiger charge is 2.14. The molecule has 3 aromatic heterocycles. The van der Waals surface area contributed by atoms with Crippen molar-refractivity contribution >= 4 is 45.0 Å². The number of H-pyrrole nitrogens is 2. The number of ether oxygens (including phenoxy) is 2. The fraction of sp³-hybridized carbons (Fsp3) is 0.160. The third-order valence-corrected chi connectivity index (χ3v) is 6.07. The van der Waals surface area contributed by atoms with Crippen LogP contribution >= 0.6 is 23.2 Å². The Balaban J connectivity index is 1.39. The molecule has 0 saturated heterocycles. The van der Waals surface area contributed by atoms with Gasteiger partial charge in [-0.3, -0.25) is 0 Å². The predicted molar refractivity (Wildman–Crippen MR) is 129 cm³/mol. The van der Waals surface area contributed by atoms with Crippen LogP contribution in [0.15, 0.2) is 67.0 Å². The molecule has 32 heavy (non-hydrogen) atoms.